The summed E-state index contributed by atoms with van der Waals surface area (Å²) in [5.41, 5.74) is 0. The second-order valence-electron chi connectivity index (χ2n) is 2.57. The summed E-state index contributed by atoms with van der Waals surface area (Å²) < 4.78 is 0. The van der Waals surface area contributed by atoms with Gasteiger partial charge in [0.05, 0.1) is 0 Å². The van der Waals surface area contributed by atoms with Gasteiger partial charge in [-0.2, -0.15) is 0 Å². The highest BCUT2D eigenvalue weighted by atomic mass is 16.4. The Bertz CT molecular complexity index is 101. The zero-order chi connectivity index (χ0) is 7.98. The summed E-state index contributed by atoms with van der Waals surface area (Å²) in [6.07, 6.45) is 1.71. The van der Waals surface area contributed by atoms with Gasteiger partial charge in [0.1, 0.15) is 0 Å². The molecule has 0 aliphatic heterocycles. The van der Waals surface area contributed by atoms with Crippen molar-refractivity contribution in [2.45, 2.75) is 26.2 Å². The molecule has 0 saturated carbocycles. The molecule has 3 nitrogen and oxygen atoms in total. The van der Waals surface area contributed by atoms with Crippen molar-refractivity contribution in [3.05, 3.63) is 0 Å². The lowest BCUT2D eigenvalue weighted by atomic mass is 10.0. The van der Waals surface area contributed by atoms with Crippen LogP contribution < -0.4 is 0 Å². The van der Waals surface area contributed by atoms with Gasteiger partial charge in [0.15, 0.2) is 0 Å². The Morgan fingerprint density at radius 3 is 2.60 bits per heavy atom. The van der Waals surface area contributed by atoms with Crippen molar-refractivity contribution in [2.75, 3.05) is 6.61 Å². The molecule has 0 unspecified atom stereocenters. The Hall–Kier alpha value is -0.570. The summed E-state index contributed by atoms with van der Waals surface area (Å²) in [6.45, 7) is 2.04. The molecular weight excluding hydrogens is 132 g/mol. The van der Waals surface area contributed by atoms with E-state index in [1.165, 1.54) is 0 Å². The molecule has 0 aliphatic carbocycles. The van der Waals surface area contributed by atoms with Gasteiger partial charge in [-0.1, -0.05) is 6.92 Å². The van der Waals surface area contributed by atoms with E-state index in [1.807, 2.05) is 6.92 Å². The molecule has 0 aliphatic rings. The number of rotatable bonds is 5. The first-order chi connectivity index (χ1) is 4.66. The molecule has 0 fully saturated rings. The molecule has 2 N–H and O–H groups in total. The van der Waals surface area contributed by atoms with Crippen molar-refractivity contribution >= 4 is 5.97 Å². The van der Waals surface area contributed by atoms with Gasteiger partial charge in [0, 0.05) is 13.0 Å². The molecule has 0 bridgehead atoms. The zero-order valence-corrected chi connectivity index (χ0v) is 6.21. The lowest BCUT2D eigenvalue weighted by Crippen LogP contribution is -2.04. The zero-order valence-electron chi connectivity index (χ0n) is 6.21. The molecule has 0 aromatic heterocycles. The lowest BCUT2D eigenvalue weighted by molar-refractivity contribution is -0.138. The number of carboxylic acid groups (broad SMARTS) is 1. The third-order valence-corrected chi connectivity index (χ3v) is 1.38. The van der Waals surface area contributed by atoms with Crippen molar-refractivity contribution in [1.29, 1.82) is 0 Å². The molecular formula is C7H14O3. The topological polar surface area (TPSA) is 57.5 Å². The van der Waals surface area contributed by atoms with Crippen LogP contribution in [0.3, 0.4) is 0 Å². The van der Waals surface area contributed by atoms with Crippen molar-refractivity contribution in [2.24, 2.45) is 5.92 Å². The standard InChI is InChI=1S/C7H14O3/c1-6(3-2-4-8)5-7(9)10/h6,8H,2-5H2,1H3,(H,9,10)/t6-/m1/s1. The molecule has 60 valence electrons. The molecule has 0 rings (SSSR count). The average Bonchev–Trinajstić information content (AvgIpc) is 1.82. The van der Waals surface area contributed by atoms with E-state index in [0.717, 1.165) is 6.42 Å². The summed E-state index contributed by atoms with van der Waals surface area (Å²) in [5.74, 6) is -0.574. The van der Waals surface area contributed by atoms with Crippen molar-refractivity contribution in [3.63, 3.8) is 0 Å². The third-order valence-electron chi connectivity index (χ3n) is 1.38. The normalized spacial score (nSPS) is 13.0. The fourth-order valence-corrected chi connectivity index (χ4v) is 0.840. The molecule has 0 radical (unpaired) electrons. The largest absolute Gasteiger partial charge is 0.481 e. The Labute approximate surface area is 60.7 Å². The van der Waals surface area contributed by atoms with Gasteiger partial charge in [-0.3, -0.25) is 4.79 Å². The van der Waals surface area contributed by atoms with E-state index in [2.05, 4.69) is 0 Å². The van der Waals surface area contributed by atoms with E-state index in [9.17, 15) is 4.79 Å². The summed E-state index contributed by atoms with van der Waals surface area (Å²) >= 11 is 0. The molecule has 0 spiro atoms. The molecule has 0 aromatic rings. The summed E-state index contributed by atoms with van der Waals surface area (Å²) in [5, 5.41) is 16.7. The van der Waals surface area contributed by atoms with Crippen LogP contribution in [0.15, 0.2) is 0 Å². The first-order valence-corrected chi connectivity index (χ1v) is 3.49. The van der Waals surface area contributed by atoms with E-state index in [4.69, 9.17) is 10.2 Å². The fourth-order valence-electron chi connectivity index (χ4n) is 0.840. The summed E-state index contributed by atoms with van der Waals surface area (Å²) in [4.78, 5) is 10.1. The second-order valence-corrected chi connectivity index (χ2v) is 2.57. The quantitative estimate of drug-likeness (QED) is 0.605. The molecule has 0 heterocycles. The van der Waals surface area contributed by atoms with Gasteiger partial charge in [-0.05, 0) is 18.8 Å². The van der Waals surface area contributed by atoms with Crippen LogP contribution in [0, 0.1) is 5.92 Å². The maximum Gasteiger partial charge on any atom is 0.303 e. The maximum absolute atomic E-state index is 10.1. The van der Waals surface area contributed by atoms with Crippen LogP contribution in [0.5, 0.6) is 0 Å². The van der Waals surface area contributed by atoms with Crippen LogP contribution in [-0.2, 0) is 4.79 Å². The molecule has 0 amide bonds. The second kappa shape index (κ2) is 5.23. The number of aliphatic hydroxyl groups is 1. The van der Waals surface area contributed by atoms with Gasteiger partial charge in [0.2, 0.25) is 0 Å². The molecule has 0 saturated heterocycles. The highest BCUT2D eigenvalue weighted by Gasteiger charge is 2.05. The maximum atomic E-state index is 10.1. The van der Waals surface area contributed by atoms with E-state index in [0.29, 0.717) is 6.42 Å². The summed E-state index contributed by atoms with van der Waals surface area (Å²) in [6, 6.07) is 0. The minimum atomic E-state index is -0.759. The van der Waals surface area contributed by atoms with Gasteiger partial charge >= 0.3 is 5.97 Å². The fraction of sp³-hybridized carbons (Fsp3) is 0.857. The van der Waals surface area contributed by atoms with Crippen LogP contribution in [0.25, 0.3) is 0 Å². The minimum absolute atomic E-state index is 0.157. The van der Waals surface area contributed by atoms with E-state index < -0.39 is 5.97 Å². The van der Waals surface area contributed by atoms with Gasteiger partial charge < -0.3 is 10.2 Å². The van der Waals surface area contributed by atoms with Crippen LogP contribution in [0.2, 0.25) is 0 Å². The first kappa shape index (κ1) is 9.43. The number of hydrogen-bond donors (Lipinski definition) is 2. The Morgan fingerprint density at radius 1 is 1.60 bits per heavy atom. The van der Waals surface area contributed by atoms with Crippen LogP contribution in [0.1, 0.15) is 26.2 Å². The van der Waals surface area contributed by atoms with Crippen molar-refractivity contribution in [1.82, 2.24) is 0 Å². The van der Waals surface area contributed by atoms with Crippen LogP contribution in [0.4, 0.5) is 0 Å². The number of carboxylic acids is 1. The third kappa shape index (κ3) is 5.56. The highest BCUT2D eigenvalue weighted by Crippen LogP contribution is 2.08. The van der Waals surface area contributed by atoms with E-state index in [-0.39, 0.29) is 18.9 Å². The molecule has 3 heteroatoms. The highest BCUT2D eigenvalue weighted by molar-refractivity contribution is 5.66. The molecule has 1 atom stereocenters. The first-order valence-electron chi connectivity index (χ1n) is 3.49. The van der Waals surface area contributed by atoms with Gasteiger partial charge in [-0.15, -0.1) is 0 Å². The SMILES string of the molecule is C[C@H](CCCO)CC(=O)O. The molecule has 10 heavy (non-hydrogen) atoms. The van der Waals surface area contributed by atoms with Gasteiger partial charge in [-0.25, -0.2) is 0 Å². The van der Waals surface area contributed by atoms with Crippen molar-refractivity contribution in [3.8, 4) is 0 Å². The number of hydrogen-bond acceptors (Lipinski definition) is 2. The molecule has 0 aromatic carbocycles. The Morgan fingerprint density at radius 2 is 2.20 bits per heavy atom. The lowest BCUT2D eigenvalue weighted by Gasteiger charge is -2.05. The average molecular weight is 146 g/mol. The summed E-state index contributed by atoms with van der Waals surface area (Å²) in [7, 11) is 0. The van der Waals surface area contributed by atoms with Crippen molar-refractivity contribution < 1.29 is 15.0 Å². The van der Waals surface area contributed by atoms with Crippen LogP contribution >= 0.6 is 0 Å². The number of aliphatic carboxylic acids is 1. The van der Waals surface area contributed by atoms with Gasteiger partial charge in [0.25, 0.3) is 0 Å². The van der Waals surface area contributed by atoms with Crippen LogP contribution in [-0.4, -0.2) is 22.8 Å². The van der Waals surface area contributed by atoms with E-state index >= 15 is 0 Å². The smallest absolute Gasteiger partial charge is 0.303 e. The van der Waals surface area contributed by atoms with E-state index in [1.54, 1.807) is 0 Å². The Balaban J connectivity index is 3.25. The number of aliphatic hydroxyl groups excluding tert-OH is 1. The Kier molecular flexibility index (Phi) is 4.94. The minimum Gasteiger partial charge on any atom is -0.481 e. The number of carbonyl (C=O) groups is 1. The predicted octanol–water partition coefficient (Wildman–Crippen LogP) is 0.870. The monoisotopic (exact) mass is 146 g/mol. The predicted molar refractivity (Wildman–Crippen MR) is 37.7 cm³/mol.